The predicted octanol–water partition coefficient (Wildman–Crippen LogP) is 4.55. The lowest BCUT2D eigenvalue weighted by molar-refractivity contribution is -0.119. The number of hydrogen-bond acceptors (Lipinski definition) is 4. The van der Waals surface area contributed by atoms with Crippen LogP contribution in [0, 0.1) is 0 Å². The number of carbonyl (C=O) groups is 1. The van der Waals surface area contributed by atoms with Gasteiger partial charge in [-0.3, -0.25) is 4.79 Å². The third-order valence-electron chi connectivity index (χ3n) is 4.83. The molecule has 2 aromatic carbocycles. The number of halogens is 1. The van der Waals surface area contributed by atoms with Crippen LogP contribution >= 0.6 is 24.0 Å². The van der Waals surface area contributed by atoms with E-state index < -0.39 is 0 Å². The van der Waals surface area contributed by atoms with Gasteiger partial charge in [-0.15, -0.1) is 24.0 Å². The molecule has 8 heteroatoms. The summed E-state index contributed by atoms with van der Waals surface area (Å²) in [6.07, 6.45) is 2.66. The molecule has 1 heterocycles. The fraction of sp³-hybridized carbons (Fsp3) is 0.391. The number of piperidine rings is 1. The number of guanidine groups is 1. The number of nitrogens with zero attached hydrogens (tertiary/aromatic N) is 2. The molecular weight excluding hydrogens is 507 g/mol. The Bertz CT molecular complexity index is 887. The summed E-state index contributed by atoms with van der Waals surface area (Å²) >= 11 is 0. The number of carbonyl (C=O) groups excluding carboxylic acids is 1. The number of ether oxygens (including phenoxy) is 2. The monoisotopic (exact) mass is 538 g/mol. The predicted molar refractivity (Wildman–Crippen MR) is 136 cm³/mol. The van der Waals surface area contributed by atoms with Crippen molar-refractivity contribution >= 4 is 47.2 Å². The molecule has 1 saturated heterocycles. The summed E-state index contributed by atoms with van der Waals surface area (Å²) in [5.41, 5.74) is 8.76. The van der Waals surface area contributed by atoms with Crippen LogP contribution in [0.25, 0.3) is 0 Å². The van der Waals surface area contributed by atoms with Crippen molar-refractivity contribution in [3.8, 4) is 11.5 Å². The Morgan fingerprint density at radius 3 is 2.52 bits per heavy atom. The first-order valence-corrected chi connectivity index (χ1v) is 10.5. The van der Waals surface area contributed by atoms with Gasteiger partial charge in [-0.05, 0) is 56.5 Å². The second-order valence-corrected chi connectivity index (χ2v) is 7.02. The summed E-state index contributed by atoms with van der Waals surface area (Å²) in [6.45, 7) is 6.21. The van der Waals surface area contributed by atoms with Crippen LogP contribution in [0.2, 0.25) is 0 Å². The molecule has 0 bridgehead atoms. The van der Waals surface area contributed by atoms with Gasteiger partial charge in [0.1, 0.15) is 11.5 Å². The summed E-state index contributed by atoms with van der Waals surface area (Å²) in [7, 11) is 0. The average Bonchev–Trinajstić information content (AvgIpc) is 2.75. The molecule has 0 saturated carbocycles. The lowest BCUT2D eigenvalue weighted by atomic mass is 10.1. The third kappa shape index (κ3) is 7.02. The van der Waals surface area contributed by atoms with E-state index >= 15 is 0 Å². The van der Waals surface area contributed by atoms with Crippen LogP contribution in [0.5, 0.6) is 11.5 Å². The maximum absolute atomic E-state index is 12.1. The fourth-order valence-electron chi connectivity index (χ4n) is 3.36. The van der Waals surface area contributed by atoms with E-state index in [-0.39, 0.29) is 29.9 Å². The Labute approximate surface area is 201 Å². The molecule has 3 N–H and O–H groups in total. The van der Waals surface area contributed by atoms with E-state index in [1.165, 1.54) is 0 Å². The van der Waals surface area contributed by atoms with Crippen LogP contribution in [-0.4, -0.2) is 31.6 Å². The van der Waals surface area contributed by atoms with E-state index in [1.807, 2.05) is 61.2 Å². The summed E-state index contributed by atoms with van der Waals surface area (Å²) < 4.78 is 11.2. The molecule has 3 rings (SSSR count). The van der Waals surface area contributed by atoms with Crippen molar-refractivity contribution in [1.29, 1.82) is 0 Å². The van der Waals surface area contributed by atoms with Crippen LogP contribution in [0.15, 0.2) is 47.5 Å². The molecule has 7 nitrogen and oxygen atoms in total. The van der Waals surface area contributed by atoms with Gasteiger partial charge in [-0.25, -0.2) is 4.99 Å². The molecule has 0 aliphatic carbocycles. The first kappa shape index (κ1) is 24.8. The minimum Gasteiger partial charge on any atom is -0.494 e. The zero-order valence-corrected chi connectivity index (χ0v) is 20.4. The summed E-state index contributed by atoms with van der Waals surface area (Å²) in [5.74, 6) is 1.91. The molecule has 0 aromatic heterocycles. The van der Waals surface area contributed by atoms with Crippen LogP contribution in [0.1, 0.15) is 38.7 Å². The standard InChI is InChI=1S/C23H30N4O3.HI/c1-3-29-19-12-13-21(30-4-2)20(15-19)26-23(24)25-16-17-8-10-18(11-9-17)27-14-6-5-7-22(27)28;/h8-13,15H,3-7,14,16H2,1-2H3,(H3,24,25,26);1H. The summed E-state index contributed by atoms with van der Waals surface area (Å²) in [4.78, 5) is 18.4. The molecule has 31 heavy (non-hydrogen) atoms. The number of amides is 1. The van der Waals surface area contributed by atoms with E-state index in [1.54, 1.807) is 0 Å². The highest BCUT2D eigenvalue weighted by Crippen LogP contribution is 2.29. The summed E-state index contributed by atoms with van der Waals surface area (Å²) in [6, 6.07) is 13.5. The zero-order valence-electron chi connectivity index (χ0n) is 18.1. The van der Waals surface area contributed by atoms with Crippen LogP contribution in [-0.2, 0) is 11.3 Å². The van der Waals surface area contributed by atoms with Gasteiger partial charge in [0.15, 0.2) is 5.96 Å². The highest BCUT2D eigenvalue weighted by Gasteiger charge is 2.19. The molecule has 1 aliphatic rings. The molecule has 1 fully saturated rings. The highest BCUT2D eigenvalue weighted by atomic mass is 127. The molecule has 1 amide bonds. The van der Waals surface area contributed by atoms with Crippen LogP contribution < -0.4 is 25.4 Å². The van der Waals surface area contributed by atoms with Crippen molar-refractivity contribution in [3.05, 3.63) is 48.0 Å². The smallest absolute Gasteiger partial charge is 0.226 e. The van der Waals surface area contributed by atoms with Gasteiger partial charge in [0.2, 0.25) is 5.91 Å². The number of nitrogens with two attached hydrogens (primary N) is 1. The Morgan fingerprint density at radius 1 is 1.10 bits per heavy atom. The van der Waals surface area contributed by atoms with Crippen molar-refractivity contribution < 1.29 is 14.3 Å². The van der Waals surface area contributed by atoms with Crippen molar-refractivity contribution in [1.82, 2.24) is 0 Å². The van der Waals surface area contributed by atoms with Gasteiger partial charge in [0.05, 0.1) is 25.4 Å². The Hall–Kier alpha value is -2.49. The zero-order chi connectivity index (χ0) is 21.3. The molecule has 168 valence electrons. The average molecular weight is 538 g/mol. The number of nitrogens with one attached hydrogen (secondary N) is 1. The minimum absolute atomic E-state index is 0. The fourth-order valence-corrected chi connectivity index (χ4v) is 3.36. The van der Waals surface area contributed by atoms with Gasteiger partial charge in [0.25, 0.3) is 0 Å². The lowest BCUT2D eigenvalue weighted by Crippen LogP contribution is -2.35. The number of anilines is 2. The van der Waals surface area contributed by atoms with Gasteiger partial charge in [0, 0.05) is 24.7 Å². The van der Waals surface area contributed by atoms with E-state index in [0.29, 0.717) is 43.6 Å². The second kappa shape index (κ2) is 12.4. The molecular formula is C23H31IN4O3. The molecule has 0 atom stereocenters. The summed E-state index contributed by atoms with van der Waals surface area (Å²) in [5, 5.41) is 3.10. The van der Waals surface area contributed by atoms with Crippen molar-refractivity contribution in [2.24, 2.45) is 10.7 Å². The molecule has 1 aliphatic heterocycles. The van der Waals surface area contributed by atoms with E-state index in [9.17, 15) is 4.79 Å². The largest absolute Gasteiger partial charge is 0.494 e. The first-order chi connectivity index (χ1) is 14.6. The highest BCUT2D eigenvalue weighted by molar-refractivity contribution is 14.0. The van der Waals surface area contributed by atoms with Crippen LogP contribution in [0.3, 0.4) is 0 Å². The van der Waals surface area contributed by atoms with Gasteiger partial charge < -0.3 is 25.4 Å². The van der Waals surface area contributed by atoms with E-state index in [0.717, 1.165) is 36.4 Å². The number of benzene rings is 2. The quantitative estimate of drug-likeness (QED) is 0.293. The third-order valence-corrected chi connectivity index (χ3v) is 4.83. The van der Waals surface area contributed by atoms with Crippen molar-refractivity contribution in [2.45, 2.75) is 39.7 Å². The topological polar surface area (TPSA) is 89.2 Å². The SMILES string of the molecule is CCOc1ccc(OCC)c(NC(N)=NCc2ccc(N3CCCCC3=O)cc2)c1.I. The van der Waals surface area contributed by atoms with Gasteiger partial charge in [-0.2, -0.15) is 0 Å². The number of hydrogen-bond donors (Lipinski definition) is 2. The second-order valence-electron chi connectivity index (χ2n) is 7.02. The molecule has 0 radical (unpaired) electrons. The Kier molecular flexibility index (Phi) is 9.90. The normalized spacial score (nSPS) is 14.1. The Balaban J connectivity index is 0.00000341. The maximum Gasteiger partial charge on any atom is 0.226 e. The minimum atomic E-state index is 0. The lowest BCUT2D eigenvalue weighted by Gasteiger charge is -2.26. The molecule has 2 aromatic rings. The Morgan fingerprint density at radius 2 is 1.84 bits per heavy atom. The van der Waals surface area contributed by atoms with Gasteiger partial charge in [-0.1, -0.05) is 12.1 Å². The number of rotatable bonds is 8. The van der Waals surface area contributed by atoms with Gasteiger partial charge >= 0.3 is 0 Å². The number of aliphatic imine (C=N–C) groups is 1. The van der Waals surface area contributed by atoms with Crippen molar-refractivity contribution in [3.63, 3.8) is 0 Å². The van der Waals surface area contributed by atoms with Crippen LogP contribution in [0.4, 0.5) is 11.4 Å². The maximum atomic E-state index is 12.1. The first-order valence-electron chi connectivity index (χ1n) is 10.5. The van der Waals surface area contributed by atoms with Crippen molar-refractivity contribution in [2.75, 3.05) is 30.0 Å². The van der Waals surface area contributed by atoms with E-state index in [2.05, 4.69) is 10.3 Å². The van der Waals surface area contributed by atoms with E-state index in [4.69, 9.17) is 15.2 Å². The molecule has 0 spiro atoms. The molecule has 0 unspecified atom stereocenters.